The third kappa shape index (κ3) is 4.80. The molecule has 3 rings (SSSR count). The van der Waals surface area contributed by atoms with E-state index >= 15 is 0 Å². The van der Waals surface area contributed by atoms with Gasteiger partial charge in [0.05, 0.1) is 15.7 Å². The minimum absolute atomic E-state index is 0.195. The van der Waals surface area contributed by atoms with Gasteiger partial charge in [0.25, 0.3) is 5.91 Å². The molecule has 0 bridgehead atoms. The van der Waals surface area contributed by atoms with Crippen LogP contribution in [0.25, 0.3) is 11.3 Å². The number of hydrogen-bond donors (Lipinski definition) is 2. The van der Waals surface area contributed by atoms with Crippen LogP contribution in [0.1, 0.15) is 12.7 Å². The molecule has 0 aliphatic carbocycles. The van der Waals surface area contributed by atoms with E-state index in [9.17, 15) is 4.79 Å². The van der Waals surface area contributed by atoms with Crippen molar-refractivity contribution in [1.29, 1.82) is 0 Å². The molecule has 0 unspecified atom stereocenters. The molecule has 0 fully saturated rings. The summed E-state index contributed by atoms with van der Waals surface area (Å²) in [4.78, 5) is 12.5. The highest BCUT2D eigenvalue weighted by Gasteiger charge is 2.18. The Balaban J connectivity index is 1.74. The lowest BCUT2D eigenvalue weighted by Crippen LogP contribution is -2.30. The first kappa shape index (κ1) is 20.6. The average Bonchev–Trinajstić information content (AvgIpc) is 3.15. The number of nitrogens with one attached hydrogen (secondary N) is 1. The Morgan fingerprint density at radius 2 is 1.89 bits per heavy atom. The SMILES string of the molecule is C[C@@H](Oc1ccc(Cl)cc1Cl)C(=O)Nc1cc(-c2ccc(CO)o2)ccc1Cl. The molecule has 28 heavy (non-hydrogen) atoms. The van der Waals surface area contributed by atoms with Crippen LogP contribution in [0.15, 0.2) is 52.9 Å². The summed E-state index contributed by atoms with van der Waals surface area (Å²) in [5.41, 5.74) is 1.11. The van der Waals surface area contributed by atoms with Crippen LogP contribution in [0.2, 0.25) is 15.1 Å². The molecule has 0 radical (unpaired) electrons. The fourth-order valence-corrected chi connectivity index (χ4v) is 3.06. The third-order valence-corrected chi connectivity index (χ3v) is 4.75. The van der Waals surface area contributed by atoms with Crippen molar-refractivity contribution in [3.8, 4) is 17.1 Å². The van der Waals surface area contributed by atoms with E-state index in [0.29, 0.717) is 43.6 Å². The molecule has 0 saturated carbocycles. The molecule has 1 heterocycles. The minimum atomic E-state index is -0.831. The number of carbonyl (C=O) groups excluding carboxylic acids is 1. The quantitative estimate of drug-likeness (QED) is 0.508. The lowest BCUT2D eigenvalue weighted by Gasteiger charge is -2.16. The Hall–Kier alpha value is -2.18. The maximum atomic E-state index is 12.5. The van der Waals surface area contributed by atoms with Crippen LogP contribution in [0.3, 0.4) is 0 Å². The first-order valence-electron chi connectivity index (χ1n) is 8.29. The number of halogens is 3. The van der Waals surface area contributed by atoms with Crippen molar-refractivity contribution in [2.24, 2.45) is 0 Å². The molecule has 1 aromatic heterocycles. The lowest BCUT2D eigenvalue weighted by molar-refractivity contribution is -0.122. The first-order chi connectivity index (χ1) is 13.4. The van der Waals surface area contributed by atoms with E-state index < -0.39 is 12.0 Å². The van der Waals surface area contributed by atoms with Crippen LogP contribution < -0.4 is 10.1 Å². The number of anilines is 1. The highest BCUT2D eigenvalue weighted by Crippen LogP contribution is 2.31. The maximum Gasteiger partial charge on any atom is 0.265 e. The summed E-state index contributed by atoms with van der Waals surface area (Å²) < 4.78 is 11.1. The third-order valence-electron chi connectivity index (χ3n) is 3.89. The summed E-state index contributed by atoms with van der Waals surface area (Å²) in [6, 6.07) is 13.2. The summed E-state index contributed by atoms with van der Waals surface area (Å²) in [5.74, 6) is 0.937. The van der Waals surface area contributed by atoms with Crippen molar-refractivity contribution < 1.29 is 19.1 Å². The van der Waals surface area contributed by atoms with E-state index in [-0.39, 0.29) is 6.61 Å². The zero-order valence-corrected chi connectivity index (χ0v) is 17.0. The van der Waals surface area contributed by atoms with Crippen LogP contribution in [0.5, 0.6) is 5.75 Å². The Kier molecular flexibility index (Phi) is 6.52. The predicted molar refractivity (Wildman–Crippen MR) is 110 cm³/mol. The van der Waals surface area contributed by atoms with Gasteiger partial charge in [0, 0.05) is 10.6 Å². The molecule has 0 aliphatic rings. The van der Waals surface area contributed by atoms with Gasteiger partial charge in [-0.25, -0.2) is 0 Å². The van der Waals surface area contributed by atoms with E-state index in [1.165, 1.54) is 6.07 Å². The second-order valence-electron chi connectivity index (χ2n) is 5.94. The Bertz CT molecular complexity index is 1000. The van der Waals surface area contributed by atoms with E-state index in [1.54, 1.807) is 49.4 Å². The second kappa shape index (κ2) is 8.88. The smallest absolute Gasteiger partial charge is 0.265 e. The number of benzene rings is 2. The van der Waals surface area contributed by atoms with E-state index in [4.69, 9.17) is 49.1 Å². The van der Waals surface area contributed by atoms with Crippen molar-refractivity contribution >= 4 is 46.4 Å². The molecule has 2 aromatic carbocycles. The van der Waals surface area contributed by atoms with Crippen LogP contribution >= 0.6 is 34.8 Å². The second-order valence-corrected chi connectivity index (χ2v) is 7.19. The van der Waals surface area contributed by atoms with Gasteiger partial charge in [-0.2, -0.15) is 0 Å². The van der Waals surface area contributed by atoms with Gasteiger partial charge in [-0.15, -0.1) is 0 Å². The van der Waals surface area contributed by atoms with Gasteiger partial charge in [-0.05, 0) is 55.5 Å². The summed E-state index contributed by atoms with van der Waals surface area (Å²) in [5, 5.41) is 13.0. The fourth-order valence-electron chi connectivity index (χ4n) is 2.44. The number of carbonyl (C=O) groups is 1. The van der Waals surface area contributed by atoms with Crippen molar-refractivity contribution in [2.45, 2.75) is 19.6 Å². The molecule has 3 aromatic rings. The van der Waals surface area contributed by atoms with Crippen molar-refractivity contribution in [3.63, 3.8) is 0 Å². The lowest BCUT2D eigenvalue weighted by atomic mass is 10.1. The Labute approximate surface area is 176 Å². The number of ether oxygens (including phenoxy) is 1. The van der Waals surface area contributed by atoms with Crippen molar-refractivity contribution in [1.82, 2.24) is 0 Å². The van der Waals surface area contributed by atoms with E-state index in [0.717, 1.165) is 0 Å². The first-order valence-corrected chi connectivity index (χ1v) is 9.43. The summed E-state index contributed by atoms with van der Waals surface area (Å²) >= 11 is 18.1. The Morgan fingerprint density at radius 3 is 2.57 bits per heavy atom. The minimum Gasteiger partial charge on any atom is -0.479 e. The zero-order chi connectivity index (χ0) is 20.3. The number of hydrogen-bond acceptors (Lipinski definition) is 4. The molecule has 0 saturated heterocycles. The molecule has 1 amide bonds. The van der Waals surface area contributed by atoms with Crippen molar-refractivity contribution in [2.75, 3.05) is 5.32 Å². The van der Waals surface area contributed by atoms with Gasteiger partial charge < -0.3 is 19.6 Å². The maximum absolute atomic E-state index is 12.5. The van der Waals surface area contributed by atoms with Gasteiger partial charge in [0.1, 0.15) is 23.9 Å². The summed E-state index contributed by atoms with van der Waals surface area (Å²) in [7, 11) is 0. The average molecular weight is 441 g/mol. The standard InChI is InChI=1S/C20H16Cl3NO4/c1-11(27-19-6-3-13(21)9-16(19)23)20(26)24-17-8-12(2-5-15(17)22)18-7-4-14(10-25)28-18/h2-9,11,25H,10H2,1H3,(H,24,26)/t11-/m1/s1. The molecule has 5 nitrogen and oxygen atoms in total. The molecule has 1 atom stereocenters. The number of aliphatic hydroxyl groups excluding tert-OH is 1. The van der Waals surface area contributed by atoms with Crippen LogP contribution in [-0.2, 0) is 11.4 Å². The number of aliphatic hydroxyl groups is 1. The highest BCUT2D eigenvalue weighted by molar-refractivity contribution is 6.35. The predicted octanol–water partition coefficient (Wildman–Crippen LogP) is 5.81. The van der Waals surface area contributed by atoms with E-state index in [2.05, 4.69) is 5.32 Å². The monoisotopic (exact) mass is 439 g/mol. The summed E-state index contributed by atoms with van der Waals surface area (Å²) in [6.07, 6.45) is -0.831. The molecule has 146 valence electrons. The molecule has 2 N–H and O–H groups in total. The largest absolute Gasteiger partial charge is 0.479 e. The number of rotatable bonds is 6. The van der Waals surface area contributed by atoms with Crippen LogP contribution in [-0.4, -0.2) is 17.1 Å². The Morgan fingerprint density at radius 1 is 1.11 bits per heavy atom. The van der Waals surface area contributed by atoms with Crippen LogP contribution in [0, 0.1) is 0 Å². The highest BCUT2D eigenvalue weighted by atomic mass is 35.5. The van der Waals surface area contributed by atoms with Gasteiger partial charge in [0.2, 0.25) is 0 Å². The van der Waals surface area contributed by atoms with Crippen molar-refractivity contribution in [3.05, 3.63) is 69.4 Å². The number of furan rings is 1. The zero-order valence-electron chi connectivity index (χ0n) is 14.7. The summed E-state index contributed by atoms with van der Waals surface area (Å²) in [6.45, 7) is 1.40. The molecular weight excluding hydrogens is 425 g/mol. The van der Waals surface area contributed by atoms with Crippen LogP contribution in [0.4, 0.5) is 5.69 Å². The van der Waals surface area contributed by atoms with Gasteiger partial charge in [-0.1, -0.05) is 34.8 Å². The molecular formula is C20H16Cl3NO4. The topological polar surface area (TPSA) is 71.7 Å². The molecule has 8 heteroatoms. The van der Waals surface area contributed by atoms with Gasteiger partial charge in [-0.3, -0.25) is 4.79 Å². The molecule has 0 spiro atoms. The molecule has 0 aliphatic heterocycles. The normalized spacial score (nSPS) is 11.9. The van der Waals surface area contributed by atoms with Gasteiger partial charge in [0.15, 0.2) is 6.10 Å². The number of amides is 1. The van der Waals surface area contributed by atoms with Gasteiger partial charge >= 0.3 is 0 Å². The van der Waals surface area contributed by atoms with E-state index in [1.807, 2.05) is 0 Å². The fraction of sp³-hybridized carbons (Fsp3) is 0.150.